The van der Waals surface area contributed by atoms with Gasteiger partial charge >= 0.3 is 5.97 Å². The van der Waals surface area contributed by atoms with Gasteiger partial charge in [0.15, 0.2) is 11.9 Å². The molecule has 1 fully saturated rings. The van der Waals surface area contributed by atoms with Gasteiger partial charge in [-0.1, -0.05) is 20.3 Å². The number of unbranched alkanes of at least 4 members (excludes halogenated alkanes) is 1. The Morgan fingerprint density at radius 2 is 1.35 bits per heavy atom. The fourth-order valence-corrected chi connectivity index (χ4v) is 5.55. The number of aliphatic carboxylic acids is 1. The van der Waals surface area contributed by atoms with Gasteiger partial charge in [-0.15, -0.1) is 0 Å². The molecule has 0 unspecified atom stereocenters. The van der Waals surface area contributed by atoms with Crippen LogP contribution in [-0.4, -0.2) is 120 Å². The SMILES string of the molecule is CC[C@H](C)[C@H](NC(=O)[C@H](CCCN=C(N)N)NC(=O)[C@H](CCCCN)NC(=O)[C@@H]1CCCN1C(=O)[C@@H](N)CCCN=C(N)N)C(=O)N[C@@H](C)C(=O)O. The topological polar surface area (TPSA) is 355 Å². The van der Waals surface area contributed by atoms with Crippen molar-refractivity contribution in [2.45, 2.75) is 121 Å². The van der Waals surface area contributed by atoms with Crippen molar-refractivity contribution in [2.24, 2.45) is 50.3 Å². The van der Waals surface area contributed by atoms with E-state index in [4.69, 9.17) is 34.4 Å². The number of rotatable bonds is 24. The van der Waals surface area contributed by atoms with Crippen LogP contribution in [0, 0.1) is 5.92 Å². The molecule has 20 heteroatoms. The van der Waals surface area contributed by atoms with Gasteiger partial charge < -0.3 is 65.7 Å². The largest absolute Gasteiger partial charge is 0.480 e. The lowest BCUT2D eigenvalue weighted by Gasteiger charge is -2.30. The number of carboxylic acids is 1. The molecule has 1 heterocycles. The summed E-state index contributed by atoms with van der Waals surface area (Å²) in [6.45, 7) is 5.94. The Balaban J connectivity index is 3.21. The lowest BCUT2D eigenvalue weighted by Crippen LogP contribution is -2.59. The van der Waals surface area contributed by atoms with E-state index in [1.165, 1.54) is 11.8 Å². The third kappa shape index (κ3) is 16.1. The van der Waals surface area contributed by atoms with Crippen LogP contribution in [0.1, 0.15) is 85.0 Å². The quantitative estimate of drug-likeness (QED) is 0.0262. The molecule has 5 amide bonds. The Morgan fingerprint density at radius 3 is 1.90 bits per heavy atom. The van der Waals surface area contributed by atoms with Gasteiger partial charge in [-0.3, -0.25) is 38.8 Å². The Morgan fingerprint density at radius 1 is 0.788 bits per heavy atom. The molecule has 7 atom stereocenters. The number of hydrogen-bond acceptors (Lipinski definition) is 10. The number of carbonyl (C=O) groups is 6. The van der Waals surface area contributed by atoms with E-state index in [1.54, 1.807) is 6.92 Å². The summed E-state index contributed by atoms with van der Waals surface area (Å²) in [5.41, 5.74) is 33.4. The molecule has 296 valence electrons. The molecule has 17 N–H and O–H groups in total. The highest BCUT2D eigenvalue weighted by Gasteiger charge is 2.38. The first-order valence-corrected chi connectivity index (χ1v) is 17.8. The van der Waals surface area contributed by atoms with Gasteiger partial charge in [-0.05, 0) is 77.2 Å². The van der Waals surface area contributed by atoms with Crippen LogP contribution in [0.4, 0.5) is 0 Å². The van der Waals surface area contributed by atoms with E-state index in [1.807, 2.05) is 6.92 Å². The van der Waals surface area contributed by atoms with Gasteiger partial charge in [0.2, 0.25) is 29.5 Å². The van der Waals surface area contributed by atoms with E-state index >= 15 is 0 Å². The summed E-state index contributed by atoms with van der Waals surface area (Å²) in [5, 5.41) is 19.8. The van der Waals surface area contributed by atoms with Crippen LogP contribution < -0.4 is 55.7 Å². The van der Waals surface area contributed by atoms with E-state index in [0.717, 1.165) is 0 Å². The normalized spacial score (nSPS) is 17.3. The molecule has 1 aliphatic heterocycles. The molecule has 0 radical (unpaired) electrons. The van der Waals surface area contributed by atoms with E-state index in [0.29, 0.717) is 64.6 Å². The summed E-state index contributed by atoms with van der Waals surface area (Å²) in [6.07, 6.45) is 3.71. The van der Waals surface area contributed by atoms with Crippen molar-refractivity contribution in [1.82, 2.24) is 26.2 Å². The van der Waals surface area contributed by atoms with Crippen LogP contribution in [0.25, 0.3) is 0 Å². The number of carboxylic acid groups (broad SMARTS) is 1. The zero-order valence-corrected chi connectivity index (χ0v) is 30.6. The molecule has 0 spiro atoms. The number of amides is 5. The summed E-state index contributed by atoms with van der Waals surface area (Å²) in [6, 6.07) is -6.33. The first kappa shape index (κ1) is 45.3. The van der Waals surface area contributed by atoms with Crippen LogP contribution in [0.2, 0.25) is 0 Å². The highest BCUT2D eigenvalue weighted by Crippen LogP contribution is 2.20. The van der Waals surface area contributed by atoms with Crippen molar-refractivity contribution in [3.05, 3.63) is 0 Å². The second-order valence-electron chi connectivity index (χ2n) is 13.0. The predicted octanol–water partition coefficient (Wildman–Crippen LogP) is -3.37. The van der Waals surface area contributed by atoms with Crippen LogP contribution in [0.15, 0.2) is 9.98 Å². The zero-order chi connectivity index (χ0) is 39.4. The van der Waals surface area contributed by atoms with Gasteiger partial charge in [-0.2, -0.15) is 0 Å². The molecule has 0 aliphatic carbocycles. The summed E-state index contributed by atoms with van der Waals surface area (Å²) >= 11 is 0. The molecule has 0 aromatic heterocycles. The standard InChI is InChI=1S/C32H61N13O7/c1-4-18(2)24(28(49)41-19(3)30(51)52)44-26(47)22(12-8-16-40-32(37)38)42-25(46)21(11-5-6-14-33)43-27(48)23-13-9-17-45(23)29(50)20(34)10-7-15-39-31(35)36/h18-24H,4-17,33-34H2,1-3H3,(H,41,49)(H,42,46)(H,43,48)(H,44,47)(H,51,52)(H4,35,36,39)(H4,37,38,40)/t18-,19-,20-,21-,22-,23-,24-/m0/s1. The summed E-state index contributed by atoms with van der Waals surface area (Å²) < 4.78 is 0. The second kappa shape index (κ2) is 23.7. The van der Waals surface area contributed by atoms with E-state index in [2.05, 4.69) is 31.3 Å². The van der Waals surface area contributed by atoms with E-state index in [-0.39, 0.29) is 37.7 Å². The van der Waals surface area contributed by atoms with Crippen molar-refractivity contribution < 1.29 is 33.9 Å². The summed E-state index contributed by atoms with van der Waals surface area (Å²) in [4.78, 5) is 88.0. The monoisotopic (exact) mass is 739 g/mol. The second-order valence-corrected chi connectivity index (χ2v) is 13.0. The number of nitrogens with two attached hydrogens (primary N) is 6. The lowest BCUT2D eigenvalue weighted by atomic mass is 9.97. The minimum Gasteiger partial charge on any atom is -0.480 e. The first-order chi connectivity index (χ1) is 24.5. The van der Waals surface area contributed by atoms with Gasteiger partial charge in [0.1, 0.15) is 30.2 Å². The molecule has 1 rings (SSSR count). The maximum absolute atomic E-state index is 13.8. The number of nitrogens with one attached hydrogen (secondary N) is 4. The van der Waals surface area contributed by atoms with E-state index in [9.17, 15) is 33.9 Å². The molecular weight excluding hydrogens is 678 g/mol. The Hall–Kier alpha value is -4.72. The molecule has 52 heavy (non-hydrogen) atoms. The zero-order valence-electron chi connectivity index (χ0n) is 30.6. The maximum atomic E-state index is 13.8. The molecule has 1 aliphatic rings. The van der Waals surface area contributed by atoms with Gasteiger partial charge in [0, 0.05) is 19.6 Å². The number of guanidine groups is 2. The number of nitrogens with zero attached hydrogens (tertiary/aromatic N) is 3. The molecule has 20 nitrogen and oxygen atoms in total. The molecular formula is C32H61N13O7. The minimum atomic E-state index is -1.25. The first-order valence-electron chi connectivity index (χ1n) is 17.8. The fourth-order valence-electron chi connectivity index (χ4n) is 5.55. The van der Waals surface area contributed by atoms with Crippen LogP contribution >= 0.6 is 0 Å². The number of aliphatic imine (C=N–C) groups is 2. The van der Waals surface area contributed by atoms with Crippen molar-refractivity contribution in [3.63, 3.8) is 0 Å². The third-order valence-corrected chi connectivity index (χ3v) is 8.80. The molecule has 0 saturated carbocycles. The molecule has 0 aromatic rings. The number of hydrogen-bond donors (Lipinski definition) is 11. The maximum Gasteiger partial charge on any atom is 0.325 e. The Labute approximate surface area is 305 Å². The van der Waals surface area contributed by atoms with Crippen molar-refractivity contribution in [1.29, 1.82) is 0 Å². The molecule has 1 saturated heterocycles. The van der Waals surface area contributed by atoms with Gasteiger partial charge in [-0.25, -0.2) is 0 Å². The summed E-state index contributed by atoms with van der Waals surface area (Å²) in [5.74, 6) is -4.86. The summed E-state index contributed by atoms with van der Waals surface area (Å²) in [7, 11) is 0. The molecule has 0 aromatic carbocycles. The van der Waals surface area contributed by atoms with Crippen molar-refractivity contribution in [2.75, 3.05) is 26.2 Å². The highest BCUT2D eigenvalue weighted by atomic mass is 16.4. The smallest absolute Gasteiger partial charge is 0.325 e. The third-order valence-electron chi connectivity index (χ3n) is 8.80. The van der Waals surface area contributed by atoms with Gasteiger partial charge in [0.25, 0.3) is 0 Å². The lowest BCUT2D eigenvalue weighted by molar-refractivity contribution is -0.142. The van der Waals surface area contributed by atoms with Gasteiger partial charge in [0.05, 0.1) is 6.04 Å². The number of likely N-dealkylation sites (tertiary alicyclic amines) is 1. The Kier molecular flexibility index (Phi) is 20.6. The fraction of sp³-hybridized carbons (Fsp3) is 0.750. The highest BCUT2D eigenvalue weighted by molar-refractivity contribution is 5.96. The van der Waals surface area contributed by atoms with Crippen LogP contribution in [0.3, 0.4) is 0 Å². The van der Waals surface area contributed by atoms with Crippen molar-refractivity contribution in [3.8, 4) is 0 Å². The molecule has 0 bridgehead atoms. The van der Waals surface area contributed by atoms with Crippen LogP contribution in [-0.2, 0) is 28.8 Å². The van der Waals surface area contributed by atoms with E-state index < -0.39 is 77.7 Å². The average Bonchev–Trinajstić information content (AvgIpc) is 3.59. The number of carbonyl (C=O) groups excluding carboxylic acids is 5. The average molecular weight is 740 g/mol. The minimum absolute atomic E-state index is 0.0597. The van der Waals surface area contributed by atoms with Crippen molar-refractivity contribution >= 4 is 47.4 Å². The van der Waals surface area contributed by atoms with Crippen LogP contribution in [0.5, 0.6) is 0 Å². The Bertz CT molecular complexity index is 1260. The predicted molar refractivity (Wildman–Crippen MR) is 196 cm³/mol.